The summed E-state index contributed by atoms with van der Waals surface area (Å²) in [5.41, 5.74) is 2.55. The molecule has 1 aromatic heterocycles. The lowest BCUT2D eigenvalue weighted by Crippen LogP contribution is -2.03. The fraction of sp³-hybridized carbons (Fsp3) is 0.0833. The number of halogens is 1. The van der Waals surface area contributed by atoms with Crippen molar-refractivity contribution in [1.29, 1.82) is 5.41 Å². The standard InChI is InChI=1S/C12H11ClN2/c13-10-5-3-9(4-6-10)8-11(14)12-2-1-7-15-12/h1-7,14-15H,8H2. The van der Waals surface area contributed by atoms with E-state index in [0.717, 1.165) is 16.3 Å². The van der Waals surface area contributed by atoms with Gasteiger partial charge in [-0.25, -0.2) is 0 Å². The maximum atomic E-state index is 7.87. The Kier molecular flexibility index (Phi) is 2.88. The predicted octanol–water partition coefficient (Wildman–Crippen LogP) is 3.28. The lowest BCUT2D eigenvalue weighted by atomic mass is 10.1. The van der Waals surface area contributed by atoms with Gasteiger partial charge in [0.1, 0.15) is 0 Å². The van der Waals surface area contributed by atoms with Gasteiger partial charge in [-0.3, -0.25) is 0 Å². The van der Waals surface area contributed by atoms with Gasteiger partial charge in [0.05, 0.1) is 11.4 Å². The number of H-pyrrole nitrogens is 1. The smallest absolute Gasteiger partial charge is 0.0595 e. The van der Waals surface area contributed by atoms with Crippen LogP contribution in [0.15, 0.2) is 42.6 Å². The van der Waals surface area contributed by atoms with E-state index < -0.39 is 0 Å². The SMILES string of the molecule is N=C(Cc1ccc(Cl)cc1)c1ccc[nH]1. The Morgan fingerprint density at radius 1 is 1.20 bits per heavy atom. The average Bonchev–Trinajstić information content (AvgIpc) is 2.74. The summed E-state index contributed by atoms with van der Waals surface area (Å²) in [6.07, 6.45) is 2.45. The van der Waals surface area contributed by atoms with Crippen LogP contribution in [0.5, 0.6) is 0 Å². The van der Waals surface area contributed by atoms with E-state index in [-0.39, 0.29) is 0 Å². The minimum Gasteiger partial charge on any atom is -0.360 e. The third-order valence-electron chi connectivity index (χ3n) is 2.22. The van der Waals surface area contributed by atoms with Gasteiger partial charge < -0.3 is 10.4 Å². The molecule has 0 aliphatic carbocycles. The van der Waals surface area contributed by atoms with Crippen molar-refractivity contribution in [2.75, 3.05) is 0 Å². The summed E-state index contributed by atoms with van der Waals surface area (Å²) in [4.78, 5) is 3.02. The maximum absolute atomic E-state index is 7.87. The Balaban J connectivity index is 2.09. The van der Waals surface area contributed by atoms with Crippen molar-refractivity contribution in [3.63, 3.8) is 0 Å². The van der Waals surface area contributed by atoms with Crippen molar-refractivity contribution in [3.05, 3.63) is 58.9 Å². The van der Waals surface area contributed by atoms with E-state index in [1.807, 2.05) is 42.6 Å². The second-order valence-electron chi connectivity index (χ2n) is 3.37. The molecule has 0 saturated heterocycles. The lowest BCUT2D eigenvalue weighted by molar-refractivity contribution is 1.24. The third kappa shape index (κ3) is 2.48. The molecule has 1 aromatic carbocycles. The van der Waals surface area contributed by atoms with Crippen LogP contribution in [0.2, 0.25) is 5.02 Å². The summed E-state index contributed by atoms with van der Waals surface area (Å²) >= 11 is 5.79. The van der Waals surface area contributed by atoms with Crippen LogP contribution < -0.4 is 0 Å². The van der Waals surface area contributed by atoms with Gasteiger partial charge in [0.2, 0.25) is 0 Å². The minimum absolute atomic E-state index is 0.585. The Morgan fingerprint density at radius 2 is 1.93 bits per heavy atom. The second kappa shape index (κ2) is 4.32. The topological polar surface area (TPSA) is 39.6 Å². The van der Waals surface area contributed by atoms with E-state index in [1.165, 1.54) is 0 Å². The van der Waals surface area contributed by atoms with Gasteiger partial charge in [0.25, 0.3) is 0 Å². The zero-order valence-corrected chi connectivity index (χ0v) is 8.88. The predicted molar refractivity (Wildman–Crippen MR) is 62.8 cm³/mol. The molecule has 0 spiro atoms. The number of aromatic amines is 1. The molecule has 3 heteroatoms. The molecule has 2 nitrogen and oxygen atoms in total. The quantitative estimate of drug-likeness (QED) is 0.743. The van der Waals surface area contributed by atoms with E-state index in [1.54, 1.807) is 0 Å². The van der Waals surface area contributed by atoms with Crippen LogP contribution in [0.3, 0.4) is 0 Å². The van der Waals surface area contributed by atoms with Gasteiger partial charge in [-0.15, -0.1) is 0 Å². The first-order chi connectivity index (χ1) is 7.25. The maximum Gasteiger partial charge on any atom is 0.0595 e. The number of hydrogen-bond acceptors (Lipinski definition) is 1. The van der Waals surface area contributed by atoms with Crippen LogP contribution in [-0.2, 0) is 6.42 Å². The molecule has 0 saturated carbocycles. The molecule has 15 heavy (non-hydrogen) atoms. The Bertz CT molecular complexity index is 443. The second-order valence-corrected chi connectivity index (χ2v) is 3.80. The molecule has 0 unspecified atom stereocenters. The summed E-state index contributed by atoms with van der Waals surface area (Å²) in [5.74, 6) is 0. The lowest BCUT2D eigenvalue weighted by Gasteiger charge is -2.02. The number of nitrogens with one attached hydrogen (secondary N) is 2. The van der Waals surface area contributed by atoms with E-state index >= 15 is 0 Å². The summed E-state index contributed by atoms with van der Waals surface area (Å²) in [6, 6.07) is 11.4. The first-order valence-electron chi connectivity index (χ1n) is 4.71. The molecule has 0 radical (unpaired) electrons. The molecular formula is C12H11ClN2. The monoisotopic (exact) mass is 218 g/mol. The van der Waals surface area contributed by atoms with Crippen LogP contribution in [0.25, 0.3) is 0 Å². The van der Waals surface area contributed by atoms with Gasteiger partial charge in [0, 0.05) is 17.6 Å². The van der Waals surface area contributed by atoms with Crippen molar-refractivity contribution >= 4 is 17.3 Å². The van der Waals surface area contributed by atoms with Crippen LogP contribution in [0.1, 0.15) is 11.3 Å². The molecule has 0 bridgehead atoms. The molecule has 2 N–H and O–H groups in total. The summed E-state index contributed by atoms with van der Waals surface area (Å²) < 4.78 is 0. The van der Waals surface area contributed by atoms with Gasteiger partial charge in [0.15, 0.2) is 0 Å². The molecule has 0 aliphatic rings. The Morgan fingerprint density at radius 3 is 2.53 bits per heavy atom. The fourth-order valence-electron chi connectivity index (χ4n) is 1.42. The van der Waals surface area contributed by atoms with Crippen molar-refractivity contribution in [2.45, 2.75) is 6.42 Å². The molecule has 0 fully saturated rings. The molecule has 2 rings (SSSR count). The van der Waals surface area contributed by atoms with Crippen molar-refractivity contribution in [2.24, 2.45) is 0 Å². The molecule has 2 aromatic rings. The average molecular weight is 219 g/mol. The minimum atomic E-state index is 0.585. The van der Waals surface area contributed by atoms with Gasteiger partial charge in [-0.2, -0.15) is 0 Å². The highest BCUT2D eigenvalue weighted by Gasteiger charge is 2.02. The van der Waals surface area contributed by atoms with E-state index in [4.69, 9.17) is 17.0 Å². The number of hydrogen-bond donors (Lipinski definition) is 2. The molecule has 76 valence electrons. The van der Waals surface area contributed by atoms with Gasteiger partial charge >= 0.3 is 0 Å². The van der Waals surface area contributed by atoms with Crippen LogP contribution in [0, 0.1) is 5.41 Å². The molecule has 0 amide bonds. The Labute approximate surface area is 93.4 Å². The number of rotatable bonds is 3. The fourth-order valence-corrected chi connectivity index (χ4v) is 1.55. The zero-order valence-electron chi connectivity index (χ0n) is 8.13. The van der Waals surface area contributed by atoms with Crippen LogP contribution in [-0.4, -0.2) is 10.7 Å². The number of benzene rings is 1. The molecular weight excluding hydrogens is 208 g/mol. The van der Waals surface area contributed by atoms with Crippen molar-refractivity contribution in [1.82, 2.24) is 4.98 Å². The normalized spacial score (nSPS) is 10.2. The van der Waals surface area contributed by atoms with Crippen LogP contribution in [0.4, 0.5) is 0 Å². The first-order valence-corrected chi connectivity index (χ1v) is 5.09. The Hall–Kier alpha value is -1.54. The molecule has 0 atom stereocenters. The summed E-state index contributed by atoms with van der Waals surface area (Å²) in [6.45, 7) is 0. The van der Waals surface area contributed by atoms with Gasteiger partial charge in [-0.1, -0.05) is 23.7 Å². The van der Waals surface area contributed by atoms with E-state index in [0.29, 0.717) is 12.1 Å². The van der Waals surface area contributed by atoms with Crippen molar-refractivity contribution < 1.29 is 0 Å². The number of aromatic nitrogens is 1. The zero-order chi connectivity index (χ0) is 10.7. The highest BCUT2D eigenvalue weighted by molar-refractivity contribution is 6.30. The highest BCUT2D eigenvalue weighted by Crippen LogP contribution is 2.11. The van der Waals surface area contributed by atoms with E-state index in [9.17, 15) is 0 Å². The summed E-state index contributed by atoms with van der Waals surface area (Å²) in [5, 5.41) is 8.60. The van der Waals surface area contributed by atoms with Crippen molar-refractivity contribution in [3.8, 4) is 0 Å². The largest absolute Gasteiger partial charge is 0.360 e. The molecule has 0 aliphatic heterocycles. The van der Waals surface area contributed by atoms with Crippen LogP contribution >= 0.6 is 11.6 Å². The molecule has 1 heterocycles. The van der Waals surface area contributed by atoms with E-state index in [2.05, 4.69) is 4.98 Å². The van der Waals surface area contributed by atoms with Gasteiger partial charge in [-0.05, 0) is 29.8 Å². The third-order valence-corrected chi connectivity index (χ3v) is 2.47. The summed E-state index contributed by atoms with van der Waals surface area (Å²) in [7, 11) is 0. The highest BCUT2D eigenvalue weighted by atomic mass is 35.5. The first kappa shape index (κ1) is 9.99.